The molecule has 0 saturated heterocycles. The molecule has 28 heavy (non-hydrogen) atoms. The van der Waals surface area contributed by atoms with Gasteiger partial charge in [0.05, 0.1) is 23.4 Å². The summed E-state index contributed by atoms with van der Waals surface area (Å²) >= 11 is 0. The highest BCUT2D eigenvalue weighted by atomic mass is 16.5. The number of carbonyl (C=O) groups is 2. The van der Waals surface area contributed by atoms with E-state index in [0.717, 1.165) is 29.3 Å². The lowest BCUT2D eigenvalue weighted by molar-refractivity contribution is -0.124. The van der Waals surface area contributed by atoms with Gasteiger partial charge in [0.2, 0.25) is 0 Å². The normalized spacial score (nSPS) is 14.8. The fraction of sp³-hybridized carbons (Fsp3) is 0.500. The summed E-state index contributed by atoms with van der Waals surface area (Å²) in [5.74, 6) is -0.275. The van der Waals surface area contributed by atoms with Crippen molar-refractivity contribution >= 4 is 22.8 Å². The van der Waals surface area contributed by atoms with Gasteiger partial charge in [-0.2, -0.15) is 0 Å². The van der Waals surface area contributed by atoms with Crippen LogP contribution in [0.15, 0.2) is 24.3 Å². The molecule has 1 aliphatic rings. The molecule has 0 atom stereocenters. The summed E-state index contributed by atoms with van der Waals surface area (Å²) in [6.45, 7) is 2.43. The third-order valence-corrected chi connectivity index (χ3v) is 5.36. The maximum absolute atomic E-state index is 12.7. The van der Waals surface area contributed by atoms with Gasteiger partial charge in [-0.25, -0.2) is 9.78 Å². The highest BCUT2D eigenvalue weighted by Gasteiger charge is 2.21. The first-order valence-corrected chi connectivity index (χ1v) is 9.91. The Morgan fingerprint density at radius 3 is 2.68 bits per heavy atom. The van der Waals surface area contributed by atoms with Gasteiger partial charge >= 0.3 is 5.97 Å². The van der Waals surface area contributed by atoms with Crippen molar-refractivity contribution in [3.8, 4) is 0 Å². The van der Waals surface area contributed by atoms with Gasteiger partial charge in [0.15, 0.2) is 6.61 Å². The summed E-state index contributed by atoms with van der Waals surface area (Å²) in [7, 11) is 1.56. The van der Waals surface area contributed by atoms with Gasteiger partial charge in [0.25, 0.3) is 5.91 Å². The number of ether oxygens (including phenoxy) is 2. The van der Waals surface area contributed by atoms with Crippen molar-refractivity contribution in [2.45, 2.75) is 45.6 Å². The second-order valence-electron chi connectivity index (χ2n) is 7.39. The lowest BCUT2D eigenvalue weighted by atomic mass is 9.89. The molecule has 0 radical (unpaired) electrons. The van der Waals surface area contributed by atoms with E-state index >= 15 is 0 Å². The molecule has 0 aliphatic heterocycles. The Morgan fingerprint density at radius 1 is 1.18 bits per heavy atom. The molecule has 0 bridgehead atoms. The number of rotatable bonds is 7. The molecule has 6 heteroatoms. The molecule has 0 unspecified atom stereocenters. The van der Waals surface area contributed by atoms with Gasteiger partial charge < -0.3 is 14.8 Å². The van der Waals surface area contributed by atoms with Crippen LogP contribution in [0.25, 0.3) is 10.9 Å². The minimum Gasteiger partial charge on any atom is -0.452 e. The molecule has 1 amide bonds. The number of nitrogens with zero attached hydrogens (tertiary/aromatic N) is 1. The van der Waals surface area contributed by atoms with Crippen molar-refractivity contribution in [3.63, 3.8) is 0 Å². The smallest absolute Gasteiger partial charge is 0.340 e. The van der Waals surface area contributed by atoms with Crippen LogP contribution in [0.3, 0.4) is 0 Å². The Hall–Kier alpha value is -2.47. The predicted octanol–water partition coefficient (Wildman–Crippen LogP) is 3.54. The van der Waals surface area contributed by atoms with Crippen molar-refractivity contribution in [2.75, 3.05) is 20.3 Å². The molecule has 3 rings (SSSR count). The molecular weight excluding hydrogens is 356 g/mol. The molecule has 1 aromatic heterocycles. The van der Waals surface area contributed by atoms with E-state index in [0.29, 0.717) is 23.7 Å². The van der Waals surface area contributed by atoms with Crippen LogP contribution in [0.1, 0.15) is 53.7 Å². The van der Waals surface area contributed by atoms with Crippen LogP contribution < -0.4 is 5.32 Å². The summed E-state index contributed by atoms with van der Waals surface area (Å²) < 4.78 is 10.5. The molecule has 6 nitrogen and oxygen atoms in total. The molecule has 150 valence electrons. The monoisotopic (exact) mass is 384 g/mol. The molecule has 1 N–H and O–H groups in total. The maximum Gasteiger partial charge on any atom is 0.340 e. The van der Waals surface area contributed by atoms with Crippen LogP contribution in [0, 0.1) is 12.8 Å². The third-order valence-electron chi connectivity index (χ3n) is 5.36. The average Bonchev–Trinajstić information content (AvgIpc) is 2.72. The number of amides is 1. The summed E-state index contributed by atoms with van der Waals surface area (Å²) in [5.41, 5.74) is 2.48. The number of hydrogen-bond acceptors (Lipinski definition) is 5. The highest BCUT2D eigenvalue weighted by Crippen LogP contribution is 2.24. The lowest BCUT2D eigenvalue weighted by Crippen LogP contribution is -2.33. The van der Waals surface area contributed by atoms with Crippen molar-refractivity contribution < 1.29 is 19.1 Å². The highest BCUT2D eigenvalue weighted by molar-refractivity contribution is 5.99. The quantitative estimate of drug-likeness (QED) is 0.739. The molecule has 1 fully saturated rings. The van der Waals surface area contributed by atoms with Crippen LogP contribution in [0.4, 0.5) is 0 Å². The van der Waals surface area contributed by atoms with E-state index in [1.165, 1.54) is 19.3 Å². The summed E-state index contributed by atoms with van der Waals surface area (Å²) in [4.78, 5) is 29.4. The Kier molecular flexibility index (Phi) is 6.98. The van der Waals surface area contributed by atoms with Crippen LogP contribution in [0.2, 0.25) is 0 Å². The number of pyridine rings is 1. The number of methoxy groups -OCH3 is 1. The molecule has 1 aliphatic carbocycles. The largest absolute Gasteiger partial charge is 0.452 e. The number of hydrogen-bond donors (Lipinski definition) is 1. The number of aromatic nitrogens is 1. The van der Waals surface area contributed by atoms with Crippen molar-refractivity contribution in [1.29, 1.82) is 0 Å². The van der Waals surface area contributed by atoms with Gasteiger partial charge in [-0.1, -0.05) is 37.5 Å². The van der Waals surface area contributed by atoms with E-state index in [1.807, 2.05) is 31.2 Å². The molecule has 2 aromatic rings. The number of carbonyl (C=O) groups excluding carboxylic acids is 2. The van der Waals surface area contributed by atoms with E-state index in [2.05, 4.69) is 10.3 Å². The predicted molar refractivity (Wildman–Crippen MR) is 107 cm³/mol. The van der Waals surface area contributed by atoms with E-state index in [4.69, 9.17) is 9.47 Å². The number of para-hydroxylation sites is 1. The lowest BCUT2D eigenvalue weighted by Gasteiger charge is -2.21. The Labute approximate surface area is 165 Å². The fourth-order valence-corrected chi connectivity index (χ4v) is 3.86. The van der Waals surface area contributed by atoms with E-state index in [9.17, 15) is 9.59 Å². The maximum atomic E-state index is 12.7. The summed E-state index contributed by atoms with van der Waals surface area (Å²) in [5, 5.41) is 3.77. The minimum absolute atomic E-state index is 0.198. The zero-order valence-corrected chi connectivity index (χ0v) is 16.6. The van der Waals surface area contributed by atoms with Crippen LogP contribution in [-0.2, 0) is 20.9 Å². The Morgan fingerprint density at radius 2 is 1.93 bits per heavy atom. The number of benzene rings is 1. The van der Waals surface area contributed by atoms with Crippen LogP contribution in [0.5, 0.6) is 0 Å². The zero-order valence-electron chi connectivity index (χ0n) is 16.6. The first-order chi connectivity index (χ1) is 13.6. The van der Waals surface area contributed by atoms with Crippen molar-refractivity contribution in [2.24, 2.45) is 5.92 Å². The van der Waals surface area contributed by atoms with Gasteiger partial charge in [0.1, 0.15) is 0 Å². The summed E-state index contributed by atoms with van der Waals surface area (Å²) in [6, 6.07) is 7.62. The first-order valence-electron chi connectivity index (χ1n) is 9.91. The second-order valence-corrected chi connectivity index (χ2v) is 7.39. The van der Waals surface area contributed by atoms with Crippen molar-refractivity contribution in [1.82, 2.24) is 10.3 Å². The number of nitrogens with one attached hydrogen (secondary N) is 1. The van der Waals surface area contributed by atoms with E-state index in [-0.39, 0.29) is 19.1 Å². The standard InChI is InChI=1S/C22H28N2O4/c1-15-17-10-6-7-11-18(17)24-19(13-27-2)21(15)22(26)28-14-20(25)23-12-16-8-4-3-5-9-16/h6-7,10-11,16H,3-5,8-9,12-14H2,1-2H3,(H,23,25). The zero-order chi connectivity index (χ0) is 19.9. The van der Waals surface area contributed by atoms with Crippen LogP contribution >= 0.6 is 0 Å². The van der Waals surface area contributed by atoms with Gasteiger partial charge in [-0.15, -0.1) is 0 Å². The average molecular weight is 384 g/mol. The Bertz CT molecular complexity index is 844. The number of esters is 1. The molecule has 1 aromatic carbocycles. The van der Waals surface area contributed by atoms with Gasteiger partial charge in [-0.05, 0) is 37.3 Å². The van der Waals surface area contributed by atoms with Crippen LogP contribution in [-0.4, -0.2) is 37.1 Å². The number of fused-ring (bicyclic) bond motifs is 1. The first kappa shape index (κ1) is 20.3. The fourth-order valence-electron chi connectivity index (χ4n) is 3.86. The molecule has 0 spiro atoms. The van der Waals surface area contributed by atoms with E-state index in [1.54, 1.807) is 7.11 Å². The summed E-state index contributed by atoms with van der Waals surface area (Å²) in [6.07, 6.45) is 6.05. The SMILES string of the molecule is COCc1nc2ccccc2c(C)c1C(=O)OCC(=O)NCC1CCCCC1. The van der Waals surface area contributed by atoms with E-state index < -0.39 is 5.97 Å². The molecule has 1 heterocycles. The molecular formula is C22H28N2O4. The third kappa shape index (κ3) is 4.87. The van der Waals surface area contributed by atoms with Gasteiger partial charge in [-0.3, -0.25) is 4.79 Å². The topological polar surface area (TPSA) is 77.5 Å². The number of aryl methyl sites for hydroxylation is 1. The second kappa shape index (κ2) is 9.64. The van der Waals surface area contributed by atoms with Crippen molar-refractivity contribution in [3.05, 3.63) is 41.1 Å². The Balaban J connectivity index is 1.66. The molecule has 1 saturated carbocycles. The van der Waals surface area contributed by atoms with Gasteiger partial charge in [0, 0.05) is 19.0 Å². The minimum atomic E-state index is -0.546.